The Morgan fingerprint density at radius 1 is 1.21 bits per heavy atom. The van der Waals surface area contributed by atoms with Gasteiger partial charge in [0.25, 0.3) is 0 Å². The van der Waals surface area contributed by atoms with Crippen LogP contribution in [0.3, 0.4) is 0 Å². The summed E-state index contributed by atoms with van der Waals surface area (Å²) in [5.41, 5.74) is 1.09. The summed E-state index contributed by atoms with van der Waals surface area (Å²) in [6.45, 7) is 3.90. The van der Waals surface area contributed by atoms with E-state index in [1.165, 1.54) is 19.2 Å². The summed E-state index contributed by atoms with van der Waals surface area (Å²) in [5.74, 6) is -0.246. The fourth-order valence-electron chi connectivity index (χ4n) is 1.61. The van der Waals surface area contributed by atoms with Crippen molar-refractivity contribution in [1.82, 2.24) is 0 Å². The standard InChI is InChI=1S/C14H18O4S/c1-10(2)9-13(14(15)18-3)11-5-7-12(8-6-11)19(4,16)17/h5-10H,1-4H3/b13-9+. The Balaban J connectivity index is 3.23. The molecule has 0 saturated heterocycles. The summed E-state index contributed by atoms with van der Waals surface area (Å²) in [7, 11) is -1.91. The summed E-state index contributed by atoms with van der Waals surface area (Å²) in [5, 5.41) is 0. The van der Waals surface area contributed by atoms with E-state index in [1.807, 2.05) is 13.8 Å². The minimum absolute atomic E-state index is 0.184. The van der Waals surface area contributed by atoms with Gasteiger partial charge < -0.3 is 4.74 Å². The number of allylic oxidation sites excluding steroid dienone is 1. The van der Waals surface area contributed by atoms with Gasteiger partial charge in [-0.25, -0.2) is 13.2 Å². The largest absolute Gasteiger partial charge is 0.465 e. The van der Waals surface area contributed by atoms with Gasteiger partial charge in [0.1, 0.15) is 0 Å². The second-order valence-corrected chi connectivity index (χ2v) is 6.63. The van der Waals surface area contributed by atoms with Crippen LogP contribution in [0.4, 0.5) is 0 Å². The topological polar surface area (TPSA) is 60.4 Å². The zero-order valence-electron chi connectivity index (χ0n) is 11.5. The van der Waals surface area contributed by atoms with Gasteiger partial charge in [0.05, 0.1) is 17.6 Å². The maximum atomic E-state index is 11.7. The van der Waals surface area contributed by atoms with Crippen LogP contribution in [0, 0.1) is 5.92 Å². The van der Waals surface area contributed by atoms with Crippen molar-refractivity contribution in [3.8, 4) is 0 Å². The third kappa shape index (κ3) is 4.21. The molecule has 0 spiro atoms. The van der Waals surface area contributed by atoms with Crippen LogP contribution in [0.1, 0.15) is 19.4 Å². The molecule has 0 unspecified atom stereocenters. The lowest BCUT2D eigenvalue weighted by atomic mass is 10.0. The quantitative estimate of drug-likeness (QED) is 0.628. The molecular formula is C14H18O4S. The summed E-state index contributed by atoms with van der Waals surface area (Å²) < 4.78 is 27.5. The minimum atomic E-state index is -3.23. The van der Waals surface area contributed by atoms with Crippen LogP contribution in [-0.4, -0.2) is 27.8 Å². The first-order valence-electron chi connectivity index (χ1n) is 5.86. The molecule has 1 aromatic rings. The molecule has 0 aliphatic rings. The van der Waals surface area contributed by atoms with Crippen LogP contribution >= 0.6 is 0 Å². The molecule has 4 nitrogen and oxygen atoms in total. The number of methoxy groups -OCH3 is 1. The molecular weight excluding hydrogens is 264 g/mol. The lowest BCUT2D eigenvalue weighted by Gasteiger charge is -2.08. The van der Waals surface area contributed by atoms with Crippen LogP contribution < -0.4 is 0 Å². The van der Waals surface area contributed by atoms with Crippen LogP contribution in [0.15, 0.2) is 35.2 Å². The van der Waals surface area contributed by atoms with E-state index >= 15 is 0 Å². The van der Waals surface area contributed by atoms with Crippen molar-refractivity contribution >= 4 is 21.4 Å². The highest BCUT2D eigenvalue weighted by Crippen LogP contribution is 2.20. The van der Waals surface area contributed by atoms with E-state index in [9.17, 15) is 13.2 Å². The zero-order chi connectivity index (χ0) is 14.6. The number of esters is 1. The molecule has 0 saturated carbocycles. The van der Waals surface area contributed by atoms with Crippen molar-refractivity contribution < 1.29 is 17.9 Å². The van der Waals surface area contributed by atoms with Crippen LogP contribution in [0.5, 0.6) is 0 Å². The van der Waals surface area contributed by atoms with Gasteiger partial charge in [0, 0.05) is 6.26 Å². The fraction of sp³-hybridized carbons (Fsp3) is 0.357. The number of hydrogen-bond donors (Lipinski definition) is 0. The Kier molecular flexibility index (Phi) is 4.89. The molecule has 0 amide bonds. The van der Waals surface area contributed by atoms with Crippen molar-refractivity contribution in [2.75, 3.05) is 13.4 Å². The Bertz CT molecular complexity index is 580. The Morgan fingerprint density at radius 2 is 1.74 bits per heavy atom. The van der Waals surface area contributed by atoms with Gasteiger partial charge in [-0.1, -0.05) is 32.1 Å². The van der Waals surface area contributed by atoms with Gasteiger partial charge in [-0.15, -0.1) is 0 Å². The molecule has 5 heteroatoms. The summed E-state index contributed by atoms with van der Waals surface area (Å²) in [6, 6.07) is 6.20. The fourth-order valence-corrected chi connectivity index (χ4v) is 2.24. The van der Waals surface area contributed by atoms with E-state index in [0.717, 1.165) is 6.26 Å². The number of hydrogen-bond acceptors (Lipinski definition) is 4. The molecule has 0 atom stereocenters. The maximum absolute atomic E-state index is 11.7. The summed E-state index contributed by atoms with van der Waals surface area (Å²) >= 11 is 0. The lowest BCUT2D eigenvalue weighted by Crippen LogP contribution is -2.06. The van der Waals surface area contributed by atoms with Crippen molar-refractivity contribution in [2.45, 2.75) is 18.7 Å². The molecule has 0 aliphatic carbocycles. The Labute approximate surface area is 114 Å². The zero-order valence-corrected chi connectivity index (χ0v) is 12.3. The number of benzene rings is 1. The third-order valence-electron chi connectivity index (χ3n) is 2.50. The van der Waals surface area contributed by atoms with Crippen molar-refractivity contribution in [2.24, 2.45) is 5.92 Å². The van der Waals surface area contributed by atoms with E-state index in [0.29, 0.717) is 11.1 Å². The molecule has 0 aromatic heterocycles. The molecule has 0 radical (unpaired) electrons. The van der Waals surface area contributed by atoms with E-state index in [1.54, 1.807) is 18.2 Å². The van der Waals surface area contributed by atoms with Gasteiger partial charge in [0.2, 0.25) is 0 Å². The van der Waals surface area contributed by atoms with Crippen LogP contribution in [0.2, 0.25) is 0 Å². The smallest absolute Gasteiger partial charge is 0.338 e. The lowest BCUT2D eigenvalue weighted by molar-refractivity contribution is -0.133. The van der Waals surface area contributed by atoms with Gasteiger partial charge >= 0.3 is 5.97 Å². The van der Waals surface area contributed by atoms with Crippen LogP contribution in [0.25, 0.3) is 5.57 Å². The predicted molar refractivity (Wildman–Crippen MR) is 74.4 cm³/mol. The van der Waals surface area contributed by atoms with Gasteiger partial charge in [0.15, 0.2) is 9.84 Å². The molecule has 19 heavy (non-hydrogen) atoms. The van der Waals surface area contributed by atoms with Crippen molar-refractivity contribution in [3.05, 3.63) is 35.9 Å². The maximum Gasteiger partial charge on any atom is 0.338 e. The highest BCUT2D eigenvalue weighted by molar-refractivity contribution is 7.90. The second-order valence-electron chi connectivity index (χ2n) is 4.61. The minimum Gasteiger partial charge on any atom is -0.465 e. The summed E-state index contributed by atoms with van der Waals surface area (Å²) in [4.78, 5) is 11.9. The van der Waals surface area contributed by atoms with E-state index in [4.69, 9.17) is 4.74 Å². The number of carbonyl (C=O) groups excluding carboxylic acids is 1. The molecule has 1 aromatic carbocycles. The van der Waals surface area contributed by atoms with E-state index in [-0.39, 0.29) is 10.8 Å². The first kappa shape index (κ1) is 15.4. The Morgan fingerprint density at radius 3 is 2.11 bits per heavy atom. The van der Waals surface area contributed by atoms with Crippen molar-refractivity contribution in [3.63, 3.8) is 0 Å². The van der Waals surface area contributed by atoms with Gasteiger partial charge in [-0.2, -0.15) is 0 Å². The summed E-state index contributed by atoms with van der Waals surface area (Å²) in [6.07, 6.45) is 2.94. The van der Waals surface area contributed by atoms with Gasteiger partial charge in [-0.3, -0.25) is 0 Å². The molecule has 0 aliphatic heterocycles. The number of carbonyl (C=O) groups is 1. The monoisotopic (exact) mass is 282 g/mol. The average Bonchev–Trinajstić information content (AvgIpc) is 2.34. The third-order valence-corrected chi connectivity index (χ3v) is 3.63. The Hall–Kier alpha value is -1.62. The second kappa shape index (κ2) is 6.02. The molecule has 0 heterocycles. The van der Waals surface area contributed by atoms with E-state index in [2.05, 4.69) is 0 Å². The van der Waals surface area contributed by atoms with Gasteiger partial charge in [-0.05, 0) is 23.6 Å². The molecule has 104 valence electrons. The highest BCUT2D eigenvalue weighted by Gasteiger charge is 2.14. The average molecular weight is 282 g/mol. The first-order valence-corrected chi connectivity index (χ1v) is 7.75. The molecule has 1 rings (SSSR count). The highest BCUT2D eigenvalue weighted by atomic mass is 32.2. The first-order chi connectivity index (χ1) is 8.75. The number of sulfone groups is 1. The predicted octanol–water partition coefficient (Wildman–Crippen LogP) is 2.30. The number of rotatable bonds is 4. The van der Waals surface area contributed by atoms with Crippen LogP contribution in [-0.2, 0) is 19.4 Å². The molecule has 0 fully saturated rings. The van der Waals surface area contributed by atoms with E-state index < -0.39 is 15.8 Å². The SMILES string of the molecule is COC(=O)/C(=C/C(C)C)c1ccc(S(C)(=O)=O)cc1. The molecule has 0 bridgehead atoms. The molecule has 0 N–H and O–H groups in total. The normalized spacial score (nSPS) is 12.6. The van der Waals surface area contributed by atoms with Crippen molar-refractivity contribution in [1.29, 1.82) is 0 Å². The number of ether oxygens (including phenoxy) is 1.